The van der Waals surface area contributed by atoms with E-state index in [2.05, 4.69) is 37.8 Å². The lowest BCUT2D eigenvalue weighted by Gasteiger charge is -2.30. The second-order valence-corrected chi connectivity index (χ2v) is 4.94. The molecule has 1 aliphatic rings. The van der Waals surface area contributed by atoms with Gasteiger partial charge < -0.3 is 14.6 Å². The molecule has 1 saturated heterocycles. The highest BCUT2D eigenvalue weighted by atomic mass is 16.3. The Morgan fingerprint density at radius 3 is 2.80 bits per heavy atom. The Bertz CT molecular complexity index is 711. The van der Waals surface area contributed by atoms with Gasteiger partial charge in [-0.3, -0.25) is 4.40 Å². The smallest absolute Gasteiger partial charge is 0.182 e. The fourth-order valence-corrected chi connectivity index (χ4v) is 2.75. The van der Waals surface area contributed by atoms with Gasteiger partial charge in [0, 0.05) is 26.2 Å². The molecule has 0 radical (unpaired) electrons. The van der Waals surface area contributed by atoms with Crippen LogP contribution in [0.5, 0.6) is 0 Å². The third-order valence-electron chi connectivity index (χ3n) is 3.71. The summed E-state index contributed by atoms with van der Waals surface area (Å²) in [5.74, 6) is 2.83. The molecule has 0 aliphatic carbocycles. The summed E-state index contributed by atoms with van der Waals surface area (Å²) in [6, 6.07) is 10.1. The molecule has 1 N–H and O–H groups in total. The van der Waals surface area contributed by atoms with Crippen LogP contribution >= 0.6 is 0 Å². The number of nitrogens with zero attached hydrogens (tertiary/aromatic N) is 3. The van der Waals surface area contributed by atoms with E-state index in [9.17, 15) is 0 Å². The van der Waals surface area contributed by atoms with E-state index >= 15 is 0 Å². The maximum atomic E-state index is 5.51. The molecule has 5 nitrogen and oxygen atoms in total. The van der Waals surface area contributed by atoms with E-state index in [0.717, 1.165) is 43.3 Å². The number of rotatable bonds is 2. The van der Waals surface area contributed by atoms with E-state index in [1.54, 1.807) is 6.26 Å². The Morgan fingerprint density at radius 2 is 2.00 bits per heavy atom. The van der Waals surface area contributed by atoms with Gasteiger partial charge in [0.1, 0.15) is 5.82 Å². The molecule has 1 fully saturated rings. The zero-order chi connectivity index (χ0) is 13.4. The molecule has 5 heteroatoms. The minimum absolute atomic E-state index is 0.799. The van der Waals surface area contributed by atoms with Crippen molar-refractivity contribution in [3.05, 3.63) is 42.8 Å². The van der Waals surface area contributed by atoms with Crippen LogP contribution < -0.4 is 10.2 Å². The molecule has 4 heterocycles. The van der Waals surface area contributed by atoms with E-state index in [4.69, 9.17) is 4.42 Å². The van der Waals surface area contributed by atoms with E-state index < -0.39 is 0 Å². The molecule has 102 valence electrons. The van der Waals surface area contributed by atoms with E-state index in [1.165, 1.54) is 5.82 Å². The largest absolute Gasteiger partial charge is 0.461 e. The van der Waals surface area contributed by atoms with E-state index in [-0.39, 0.29) is 0 Å². The van der Waals surface area contributed by atoms with Gasteiger partial charge in [0.2, 0.25) is 0 Å². The molecule has 0 aromatic carbocycles. The van der Waals surface area contributed by atoms with Gasteiger partial charge in [-0.25, -0.2) is 4.98 Å². The molecule has 4 rings (SSSR count). The number of hydrogen-bond donors (Lipinski definition) is 1. The van der Waals surface area contributed by atoms with Crippen molar-refractivity contribution in [3.8, 4) is 11.6 Å². The molecule has 0 amide bonds. The van der Waals surface area contributed by atoms with Crippen molar-refractivity contribution in [2.24, 2.45) is 0 Å². The SMILES string of the molecule is c1coc(-c2ncc3cccc(N4CCNCC4)n23)c1. The van der Waals surface area contributed by atoms with Crippen molar-refractivity contribution in [1.82, 2.24) is 14.7 Å². The van der Waals surface area contributed by atoms with Gasteiger partial charge in [-0.05, 0) is 24.3 Å². The van der Waals surface area contributed by atoms with Crippen molar-refractivity contribution in [1.29, 1.82) is 0 Å². The van der Waals surface area contributed by atoms with Gasteiger partial charge in [0.25, 0.3) is 0 Å². The average molecular weight is 268 g/mol. The highest BCUT2D eigenvalue weighted by Crippen LogP contribution is 2.26. The van der Waals surface area contributed by atoms with Crippen LogP contribution in [-0.4, -0.2) is 35.6 Å². The number of nitrogens with one attached hydrogen (secondary N) is 1. The lowest BCUT2D eigenvalue weighted by molar-refractivity contribution is 0.572. The van der Waals surface area contributed by atoms with Crippen molar-refractivity contribution in [2.45, 2.75) is 0 Å². The molecule has 1 aliphatic heterocycles. The van der Waals surface area contributed by atoms with Crippen LogP contribution in [0.15, 0.2) is 47.2 Å². The summed E-state index contributed by atoms with van der Waals surface area (Å²) >= 11 is 0. The third kappa shape index (κ3) is 1.78. The summed E-state index contributed by atoms with van der Waals surface area (Å²) in [4.78, 5) is 6.91. The molecular formula is C15H16N4O. The molecule has 3 aromatic rings. The van der Waals surface area contributed by atoms with Gasteiger partial charge in [-0.15, -0.1) is 0 Å². The number of anilines is 1. The fraction of sp³-hybridized carbons (Fsp3) is 0.267. The predicted octanol–water partition coefficient (Wildman–Crippen LogP) is 2.00. The van der Waals surface area contributed by atoms with Gasteiger partial charge in [-0.2, -0.15) is 0 Å². The first-order chi connectivity index (χ1) is 9.93. The number of furan rings is 1. The first kappa shape index (κ1) is 11.5. The lowest BCUT2D eigenvalue weighted by Crippen LogP contribution is -2.44. The summed E-state index contributed by atoms with van der Waals surface area (Å²) in [5.41, 5.74) is 1.09. The summed E-state index contributed by atoms with van der Waals surface area (Å²) in [7, 11) is 0. The number of piperazine rings is 1. The Morgan fingerprint density at radius 1 is 1.10 bits per heavy atom. The van der Waals surface area contributed by atoms with Crippen LogP contribution in [0.25, 0.3) is 17.1 Å². The second-order valence-electron chi connectivity index (χ2n) is 4.94. The van der Waals surface area contributed by atoms with Crippen LogP contribution in [0.1, 0.15) is 0 Å². The average Bonchev–Trinajstić information content (AvgIpc) is 3.16. The minimum atomic E-state index is 0.799. The fourth-order valence-electron chi connectivity index (χ4n) is 2.75. The van der Waals surface area contributed by atoms with Gasteiger partial charge >= 0.3 is 0 Å². The van der Waals surface area contributed by atoms with Crippen molar-refractivity contribution in [2.75, 3.05) is 31.1 Å². The lowest BCUT2D eigenvalue weighted by atomic mass is 10.3. The molecule has 0 spiro atoms. The third-order valence-corrected chi connectivity index (χ3v) is 3.71. The van der Waals surface area contributed by atoms with Crippen LogP contribution in [0, 0.1) is 0 Å². The topological polar surface area (TPSA) is 45.7 Å². The van der Waals surface area contributed by atoms with Gasteiger partial charge in [-0.1, -0.05) is 6.07 Å². The molecule has 3 aromatic heterocycles. The summed E-state index contributed by atoms with van der Waals surface area (Å²) in [5, 5.41) is 3.38. The minimum Gasteiger partial charge on any atom is -0.461 e. The zero-order valence-electron chi connectivity index (χ0n) is 11.1. The first-order valence-corrected chi connectivity index (χ1v) is 6.89. The highest BCUT2D eigenvalue weighted by molar-refractivity contribution is 5.64. The molecular weight excluding hydrogens is 252 g/mol. The second kappa shape index (κ2) is 4.68. The quantitative estimate of drug-likeness (QED) is 0.772. The number of fused-ring (bicyclic) bond motifs is 1. The zero-order valence-corrected chi connectivity index (χ0v) is 11.1. The maximum absolute atomic E-state index is 5.51. The maximum Gasteiger partial charge on any atom is 0.182 e. The monoisotopic (exact) mass is 268 g/mol. The molecule has 0 atom stereocenters. The van der Waals surface area contributed by atoms with Crippen LogP contribution in [-0.2, 0) is 0 Å². The predicted molar refractivity (Wildman–Crippen MR) is 78.0 cm³/mol. The molecule has 0 bridgehead atoms. The number of imidazole rings is 1. The Labute approximate surface area is 116 Å². The van der Waals surface area contributed by atoms with Gasteiger partial charge in [0.05, 0.1) is 18.0 Å². The van der Waals surface area contributed by atoms with Gasteiger partial charge in [0.15, 0.2) is 11.6 Å². The Kier molecular flexibility index (Phi) is 2.70. The van der Waals surface area contributed by atoms with E-state index in [0.29, 0.717) is 0 Å². The summed E-state index contributed by atoms with van der Waals surface area (Å²) in [6.07, 6.45) is 3.58. The summed E-state index contributed by atoms with van der Waals surface area (Å²) in [6.45, 7) is 4.05. The normalized spacial score (nSPS) is 15.9. The van der Waals surface area contributed by atoms with Crippen LogP contribution in [0.2, 0.25) is 0 Å². The Balaban J connectivity index is 1.89. The Hall–Kier alpha value is -2.27. The van der Waals surface area contributed by atoms with Crippen molar-refractivity contribution in [3.63, 3.8) is 0 Å². The van der Waals surface area contributed by atoms with Crippen LogP contribution in [0.3, 0.4) is 0 Å². The molecule has 0 unspecified atom stereocenters. The molecule has 20 heavy (non-hydrogen) atoms. The number of hydrogen-bond acceptors (Lipinski definition) is 4. The number of pyridine rings is 1. The molecule has 0 saturated carbocycles. The van der Waals surface area contributed by atoms with Crippen molar-refractivity contribution >= 4 is 11.3 Å². The summed E-state index contributed by atoms with van der Waals surface area (Å²) < 4.78 is 7.68. The van der Waals surface area contributed by atoms with E-state index in [1.807, 2.05) is 18.3 Å². The first-order valence-electron chi connectivity index (χ1n) is 6.89. The standard InChI is InChI=1S/C15H16N4O/c1-3-12-11-17-15(13-4-2-10-20-13)19(12)14(5-1)18-8-6-16-7-9-18/h1-5,10-11,16H,6-9H2. The van der Waals surface area contributed by atoms with Crippen LogP contribution in [0.4, 0.5) is 5.82 Å². The highest BCUT2D eigenvalue weighted by Gasteiger charge is 2.17. The number of aromatic nitrogens is 2. The van der Waals surface area contributed by atoms with Crippen molar-refractivity contribution < 1.29 is 4.42 Å².